The third kappa shape index (κ3) is 9.01. The highest BCUT2D eigenvalue weighted by atomic mass is 35.5. The van der Waals surface area contributed by atoms with Crippen molar-refractivity contribution < 1.29 is 31.2 Å². The van der Waals surface area contributed by atoms with E-state index in [9.17, 15) is 31.2 Å². The molecular formula is C37H37ClF3N3O4S. The third-order valence-electron chi connectivity index (χ3n) is 8.56. The molecule has 1 aliphatic carbocycles. The average Bonchev–Trinajstić information content (AvgIpc) is 3.59. The second-order valence-corrected chi connectivity index (χ2v) is 14.5. The number of hydrogen-bond acceptors (Lipinski definition) is 4. The van der Waals surface area contributed by atoms with Crippen LogP contribution in [0.4, 0.5) is 18.9 Å². The normalized spacial score (nSPS) is 14.3. The number of benzene rings is 4. The Morgan fingerprint density at radius 2 is 1.51 bits per heavy atom. The molecule has 0 heterocycles. The first-order chi connectivity index (χ1) is 23.3. The summed E-state index contributed by atoms with van der Waals surface area (Å²) in [4.78, 5) is 29.8. The van der Waals surface area contributed by atoms with Gasteiger partial charge >= 0.3 is 6.18 Å². The van der Waals surface area contributed by atoms with E-state index in [1.807, 2.05) is 55.5 Å². The van der Waals surface area contributed by atoms with Crippen LogP contribution in [0.5, 0.6) is 0 Å². The van der Waals surface area contributed by atoms with E-state index in [2.05, 4.69) is 5.32 Å². The van der Waals surface area contributed by atoms with Gasteiger partial charge < -0.3 is 10.2 Å². The van der Waals surface area contributed by atoms with Crippen LogP contribution in [-0.4, -0.2) is 43.8 Å². The summed E-state index contributed by atoms with van der Waals surface area (Å²) >= 11 is 6.40. The molecule has 5 rings (SSSR count). The largest absolute Gasteiger partial charge is 0.416 e. The maximum atomic E-state index is 14.6. The minimum atomic E-state index is -4.82. The van der Waals surface area contributed by atoms with E-state index in [4.69, 9.17) is 11.6 Å². The number of amides is 2. The smallest absolute Gasteiger partial charge is 0.352 e. The summed E-state index contributed by atoms with van der Waals surface area (Å²) in [5.74, 6) is -1.19. The first kappa shape index (κ1) is 35.9. The van der Waals surface area contributed by atoms with Crippen LogP contribution in [0.25, 0.3) is 0 Å². The fourth-order valence-electron chi connectivity index (χ4n) is 6.04. The molecule has 0 radical (unpaired) electrons. The monoisotopic (exact) mass is 711 g/mol. The Morgan fingerprint density at radius 1 is 0.878 bits per heavy atom. The molecule has 0 aromatic heterocycles. The lowest BCUT2D eigenvalue weighted by Gasteiger charge is -2.34. The van der Waals surface area contributed by atoms with Crippen molar-refractivity contribution in [3.05, 3.63) is 130 Å². The number of sulfonamides is 1. The number of nitrogens with one attached hydrogen (secondary N) is 1. The van der Waals surface area contributed by atoms with Crippen molar-refractivity contribution in [3.63, 3.8) is 0 Å². The van der Waals surface area contributed by atoms with Crippen LogP contribution >= 0.6 is 11.6 Å². The van der Waals surface area contributed by atoms with E-state index in [0.717, 1.165) is 48.9 Å². The Balaban J connectivity index is 1.62. The molecular weight excluding hydrogens is 675 g/mol. The van der Waals surface area contributed by atoms with E-state index in [1.165, 1.54) is 29.2 Å². The van der Waals surface area contributed by atoms with Gasteiger partial charge in [0.1, 0.15) is 12.6 Å². The molecule has 0 bridgehead atoms. The number of nitrogens with zero attached hydrogens (tertiary/aromatic N) is 2. The van der Waals surface area contributed by atoms with E-state index in [1.54, 1.807) is 12.1 Å². The van der Waals surface area contributed by atoms with E-state index in [0.29, 0.717) is 15.9 Å². The van der Waals surface area contributed by atoms with Crippen molar-refractivity contribution in [2.45, 2.75) is 68.7 Å². The summed E-state index contributed by atoms with van der Waals surface area (Å²) in [7, 11) is -4.64. The molecule has 258 valence electrons. The Kier molecular flexibility index (Phi) is 11.3. The summed E-state index contributed by atoms with van der Waals surface area (Å²) in [5.41, 5.74) is 0.714. The SMILES string of the molecule is Cc1cccc(CN(C(=O)CN(c2cc(C(F)(F)F)ccc2Cl)S(=O)(=O)c2ccccc2)[C@H](Cc2ccccc2)C(=O)NC2CCCC2)c1. The number of carbonyl (C=O) groups excluding carboxylic acids is 2. The van der Waals surface area contributed by atoms with Crippen LogP contribution < -0.4 is 9.62 Å². The van der Waals surface area contributed by atoms with Gasteiger partial charge in [0, 0.05) is 19.0 Å². The topological polar surface area (TPSA) is 86.8 Å². The molecule has 1 N–H and O–H groups in total. The number of hydrogen-bond donors (Lipinski definition) is 1. The van der Waals surface area contributed by atoms with Gasteiger partial charge in [0.2, 0.25) is 11.8 Å². The minimum absolute atomic E-state index is 0.0638. The zero-order valence-corrected chi connectivity index (χ0v) is 28.4. The summed E-state index contributed by atoms with van der Waals surface area (Å²) in [5, 5.41) is 2.79. The Labute approximate surface area is 289 Å². The van der Waals surface area contributed by atoms with Crippen molar-refractivity contribution in [1.29, 1.82) is 0 Å². The molecule has 7 nitrogen and oxygen atoms in total. The molecule has 1 atom stereocenters. The van der Waals surface area contributed by atoms with Gasteiger partial charge in [0.15, 0.2) is 0 Å². The summed E-state index contributed by atoms with van der Waals surface area (Å²) in [6, 6.07) is 24.7. The first-order valence-electron chi connectivity index (χ1n) is 16.0. The van der Waals surface area contributed by atoms with Crippen LogP contribution in [-0.2, 0) is 38.8 Å². The van der Waals surface area contributed by atoms with Gasteiger partial charge in [-0.3, -0.25) is 13.9 Å². The number of aryl methyl sites for hydroxylation is 1. The Bertz CT molecular complexity index is 1870. The molecule has 49 heavy (non-hydrogen) atoms. The molecule has 2 amide bonds. The van der Waals surface area contributed by atoms with E-state index >= 15 is 0 Å². The molecule has 12 heteroatoms. The third-order valence-corrected chi connectivity index (χ3v) is 10.7. The Hall–Kier alpha value is -4.35. The van der Waals surface area contributed by atoms with Gasteiger partial charge in [0.05, 0.1) is 21.2 Å². The summed E-state index contributed by atoms with van der Waals surface area (Å²) in [6.45, 7) is 0.894. The molecule has 0 spiro atoms. The number of carbonyl (C=O) groups is 2. The molecule has 4 aromatic rings. The lowest BCUT2D eigenvalue weighted by atomic mass is 10.0. The van der Waals surface area contributed by atoms with Gasteiger partial charge in [0.25, 0.3) is 10.0 Å². The predicted molar refractivity (Wildman–Crippen MR) is 183 cm³/mol. The molecule has 1 fully saturated rings. The quantitative estimate of drug-likeness (QED) is 0.164. The van der Waals surface area contributed by atoms with Gasteiger partial charge in [-0.05, 0) is 61.2 Å². The highest BCUT2D eigenvalue weighted by Crippen LogP contribution is 2.37. The maximum Gasteiger partial charge on any atom is 0.416 e. The predicted octanol–water partition coefficient (Wildman–Crippen LogP) is 7.56. The lowest BCUT2D eigenvalue weighted by molar-refractivity contribution is -0.140. The molecule has 1 aliphatic rings. The van der Waals surface area contributed by atoms with Gasteiger partial charge in [-0.1, -0.05) is 103 Å². The van der Waals surface area contributed by atoms with E-state index in [-0.39, 0.29) is 28.9 Å². The van der Waals surface area contributed by atoms with Crippen LogP contribution in [0.3, 0.4) is 0 Å². The summed E-state index contributed by atoms with van der Waals surface area (Å²) in [6.07, 6.45) is -1.18. The number of rotatable bonds is 12. The number of anilines is 1. The van der Waals surface area contributed by atoms with Crippen LogP contribution in [0.1, 0.15) is 47.9 Å². The fourth-order valence-corrected chi connectivity index (χ4v) is 7.76. The van der Waals surface area contributed by atoms with Crippen LogP contribution in [0, 0.1) is 6.92 Å². The van der Waals surface area contributed by atoms with E-state index < -0.39 is 51.9 Å². The molecule has 1 saturated carbocycles. The second-order valence-electron chi connectivity index (χ2n) is 12.2. The highest BCUT2D eigenvalue weighted by Gasteiger charge is 2.38. The molecule has 0 saturated heterocycles. The second kappa shape index (κ2) is 15.5. The van der Waals surface area contributed by atoms with Crippen molar-refractivity contribution in [1.82, 2.24) is 10.2 Å². The van der Waals surface area contributed by atoms with Crippen LogP contribution in [0.15, 0.2) is 108 Å². The minimum Gasteiger partial charge on any atom is -0.352 e. The zero-order valence-electron chi connectivity index (χ0n) is 26.9. The van der Waals surface area contributed by atoms with Gasteiger partial charge in [-0.25, -0.2) is 8.42 Å². The number of alkyl halides is 3. The van der Waals surface area contributed by atoms with Crippen LogP contribution in [0.2, 0.25) is 5.02 Å². The molecule has 4 aromatic carbocycles. The lowest BCUT2D eigenvalue weighted by Crippen LogP contribution is -2.54. The van der Waals surface area contributed by atoms with Crippen molar-refractivity contribution in [3.8, 4) is 0 Å². The maximum absolute atomic E-state index is 14.6. The number of halogens is 4. The molecule has 0 unspecified atom stereocenters. The summed E-state index contributed by atoms with van der Waals surface area (Å²) < 4.78 is 70.6. The van der Waals surface area contributed by atoms with Gasteiger partial charge in [-0.15, -0.1) is 0 Å². The molecule has 0 aliphatic heterocycles. The average molecular weight is 712 g/mol. The first-order valence-corrected chi connectivity index (χ1v) is 17.8. The zero-order chi connectivity index (χ0) is 35.2. The Morgan fingerprint density at radius 3 is 2.14 bits per heavy atom. The van der Waals surface area contributed by atoms with Crippen molar-refractivity contribution >= 4 is 39.1 Å². The highest BCUT2D eigenvalue weighted by molar-refractivity contribution is 7.92. The van der Waals surface area contributed by atoms with Gasteiger partial charge in [-0.2, -0.15) is 13.2 Å². The standard InChI is InChI=1S/C37H37ClF3N3O4S/c1-26-11-10-14-28(21-26)24-43(34(22-27-12-4-2-5-13-27)36(46)42-30-15-8-9-16-30)35(45)25-44(49(47,48)31-17-6-3-7-18-31)33-23-29(37(39,40)41)19-20-32(33)38/h2-7,10-14,17-21,23,30,34H,8-9,15-16,22,24-25H2,1H3,(H,42,46)/t34-/m1/s1. The fraction of sp³-hybridized carbons (Fsp3) is 0.297. The van der Waals surface area contributed by atoms with Crippen molar-refractivity contribution in [2.24, 2.45) is 0 Å². The van der Waals surface area contributed by atoms with Crippen molar-refractivity contribution in [2.75, 3.05) is 10.8 Å².